The highest BCUT2D eigenvalue weighted by atomic mass is 19.4. The first-order valence-electron chi connectivity index (χ1n) is 14.8. The molecule has 1 saturated heterocycles. The number of alkyl carbamates (subject to hydrolysis) is 1. The van der Waals surface area contributed by atoms with E-state index in [9.17, 15) is 42.3 Å². The summed E-state index contributed by atoms with van der Waals surface area (Å²) in [4.78, 5) is 62.1. The molecular formula is C31H42F3NO14. The predicted molar refractivity (Wildman–Crippen MR) is 158 cm³/mol. The number of aliphatic hydroxyl groups is 1. The molecule has 0 radical (unpaired) electrons. The van der Waals surface area contributed by atoms with Crippen molar-refractivity contribution in [1.29, 1.82) is 0 Å². The fourth-order valence-electron chi connectivity index (χ4n) is 5.06. The molecule has 0 spiro atoms. The van der Waals surface area contributed by atoms with Crippen molar-refractivity contribution in [3.05, 3.63) is 35.9 Å². The molecule has 0 unspecified atom stereocenters. The Balaban J connectivity index is 2.64. The molecule has 2 rings (SSSR count). The van der Waals surface area contributed by atoms with Crippen LogP contribution >= 0.6 is 0 Å². The van der Waals surface area contributed by atoms with E-state index in [4.69, 9.17) is 37.9 Å². The van der Waals surface area contributed by atoms with Crippen molar-refractivity contribution >= 4 is 30.0 Å². The number of benzene rings is 1. The summed E-state index contributed by atoms with van der Waals surface area (Å²) >= 11 is 0. The second-order valence-corrected chi connectivity index (χ2v) is 12.0. The van der Waals surface area contributed by atoms with E-state index in [0.29, 0.717) is 7.11 Å². The number of nitrogens with one attached hydrogen (secondary N) is 1. The Morgan fingerprint density at radius 1 is 0.959 bits per heavy atom. The van der Waals surface area contributed by atoms with Gasteiger partial charge in [0.1, 0.15) is 24.4 Å². The van der Waals surface area contributed by atoms with Crippen molar-refractivity contribution in [1.82, 2.24) is 5.32 Å². The number of esters is 4. The summed E-state index contributed by atoms with van der Waals surface area (Å²) in [5, 5.41) is 14.5. The van der Waals surface area contributed by atoms with Crippen LogP contribution in [-0.2, 0) is 62.7 Å². The number of amides is 1. The Morgan fingerprint density at radius 2 is 1.57 bits per heavy atom. The van der Waals surface area contributed by atoms with Crippen molar-refractivity contribution < 1.29 is 80.1 Å². The molecule has 49 heavy (non-hydrogen) atoms. The summed E-state index contributed by atoms with van der Waals surface area (Å²) in [5.41, 5.74) is -7.79. The molecule has 1 aromatic carbocycles. The molecule has 1 aliphatic rings. The lowest BCUT2D eigenvalue weighted by Crippen LogP contribution is -2.69. The first-order valence-corrected chi connectivity index (χ1v) is 14.8. The fourth-order valence-corrected chi connectivity index (χ4v) is 5.06. The van der Waals surface area contributed by atoms with Crippen molar-refractivity contribution in [2.45, 2.75) is 102 Å². The van der Waals surface area contributed by atoms with Gasteiger partial charge in [-0.3, -0.25) is 14.4 Å². The highest BCUT2D eigenvalue weighted by Crippen LogP contribution is 2.43. The lowest BCUT2D eigenvalue weighted by atomic mass is 9.80. The van der Waals surface area contributed by atoms with E-state index in [1.54, 1.807) is 0 Å². The normalized spacial score (nSPS) is 23.6. The van der Waals surface area contributed by atoms with Gasteiger partial charge in [0.2, 0.25) is 0 Å². The van der Waals surface area contributed by atoms with Gasteiger partial charge in [-0.05, 0) is 20.8 Å². The van der Waals surface area contributed by atoms with Crippen molar-refractivity contribution in [3.63, 3.8) is 0 Å². The topological polar surface area (TPSA) is 191 Å². The fraction of sp³-hybridized carbons (Fsp3) is 0.645. The molecule has 0 aliphatic carbocycles. The third kappa shape index (κ3) is 10.5. The molecule has 1 fully saturated rings. The number of rotatable bonds is 13. The maximum Gasteiger partial charge on any atom is 0.432 e. The Bertz CT molecular complexity index is 1320. The first-order chi connectivity index (χ1) is 22.6. The third-order valence-corrected chi connectivity index (χ3v) is 7.12. The molecule has 0 aromatic heterocycles. The number of alkyl halides is 3. The van der Waals surface area contributed by atoms with Crippen molar-refractivity contribution in [2.75, 3.05) is 27.4 Å². The van der Waals surface area contributed by atoms with Crippen LogP contribution in [0.1, 0.15) is 53.5 Å². The summed E-state index contributed by atoms with van der Waals surface area (Å²) in [6.07, 6.45) is -14.0. The summed E-state index contributed by atoms with van der Waals surface area (Å²) < 4.78 is 85.6. The lowest BCUT2D eigenvalue weighted by molar-refractivity contribution is -0.316. The number of carbonyl (C=O) groups excluding carboxylic acids is 5. The van der Waals surface area contributed by atoms with Gasteiger partial charge in [-0.25, -0.2) is 9.59 Å². The molecule has 7 atom stereocenters. The number of carbonyl (C=O) groups is 5. The molecule has 1 aliphatic heterocycles. The highest BCUT2D eigenvalue weighted by molar-refractivity contribution is 5.82. The predicted octanol–water partition coefficient (Wildman–Crippen LogP) is 2.45. The van der Waals surface area contributed by atoms with Crippen LogP contribution in [0.2, 0.25) is 0 Å². The monoisotopic (exact) mass is 709 g/mol. The van der Waals surface area contributed by atoms with Crippen LogP contribution in [0.5, 0.6) is 0 Å². The maximum absolute atomic E-state index is 14.5. The number of hydrogen-bond acceptors (Lipinski definition) is 14. The SMILES string of the molecule is CO[C@H]1O[C@H]([C@@H](COC(=O)[C@](OC)(c2ccccc2)C(F)(F)F)NC(=O)OC(C)(C)C)C[C@@](O)([C@H](COC(C)=O)OC(C)=O)[C@H]1OC(C)=O. The Hall–Kier alpha value is -4.00. The molecule has 1 amide bonds. The average Bonchev–Trinajstić information content (AvgIpc) is 2.97. The molecule has 276 valence electrons. The minimum absolute atomic E-state index is 0.603. The number of methoxy groups -OCH3 is 2. The second-order valence-electron chi connectivity index (χ2n) is 12.0. The van der Waals surface area contributed by atoms with Crippen LogP contribution in [0.3, 0.4) is 0 Å². The minimum atomic E-state index is -5.33. The second kappa shape index (κ2) is 16.6. The van der Waals surface area contributed by atoms with E-state index in [0.717, 1.165) is 40.0 Å². The zero-order valence-corrected chi connectivity index (χ0v) is 28.3. The van der Waals surface area contributed by atoms with Gasteiger partial charge < -0.3 is 48.3 Å². The number of halogens is 3. The van der Waals surface area contributed by atoms with Gasteiger partial charge in [-0.1, -0.05) is 30.3 Å². The molecular weight excluding hydrogens is 667 g/mol. The zero-order valence-electron chi connectivity index (χ0n) is 28.3. The zero-order chi connectivity index (χ0) is 37.4. The molecule has 0 saturated carbocycles. The standard InChI is InChI=1S/C31H42F3NO14/c1-17(36)44-16-23(46-18(2)37)29(41)14-22(48-25(42-7)24(29)47-19(3)38)21(35-27(40)49-28(4,5)6)15-45-26(39)30(43-8,31(32,33)34)20-12-10-9-11-13-20/h9-13,21-25,41H,14-16H2,1-8H3,(H,35,40)/t21-,22+,23+,24+,25+,29-,30-/m1/s1. The van der Waals surface area contributed by atoms with E-state index in [-0.39, 0.29) is 0 Å². The summed E-state index contributed by atoms with van der Waals surface area (Å²) in [5.74, 6) is -4.64. The largest absolute Gasteiger partial charge is 0.462 e. The van der Waals surface area contributed by atoms with E-state index in [1.165, 1.54) is 39.0 Å². The van der Waals surface area contributed by atoms with E-state index < -0.39 is 109 Å². The Kier molecular flexibility index (Phi) is 14.0. The van der Waals surface area contributed by atoms with E-state index in [1.807, 2.05) is 0 Å². The van der Waals surface area contributed by atoms with Gasteiger partial charge in [0, 0.05) is 47.0 Å². The summed E-state index contributed by atoms with van der Waals surface area (Å²) in [7, 11) is 1.75. The third-order valence-electron chi connectivity index (χ3n) is 7.12. The van der Waals surface area contributed by atoms with Gasteiger partial charge in [-0.15, -0.1) is 0 Å². The minimum Gasteiger partial charge on any atom is -0.462 e. The smallest absolute Gasteiger partial charge is 0.432 e. The van der Waals surface area contributed by atoms with Crippen LogP contribution in [0.15, 0.2) is 30.3 Å². The Morgan fingerprint density at radius 3 is 2.04 bits per heavy atom. The van der Waals surface area contributed by atoms with Gasteiger partial charge >= 0.3 is 36.1 Å². The molecule has 15 nitrogen and oxygen atoms in total. The molecule has 18 heteroatoms. The van der Waals surface area contributed by atoms with Gasteiger partial charge in [-0.2, -0.15) is 13.2 Å². The Labute approximate surface area is 280 Å². The quantitative estimate of drug-likeness (QED) is 0.224. The van der Waals surface area contributed by atoms with E-state index >= 15 is 0 Å². The average molecular weight is 710 g/mol. The van der Waals surface area contributed by atoms with Gasteiger partial charge in [0.15, 0.2) is 18.5 Å². The van der Waals surface area contributed by atoms with Gasteiger partial charge in [0.25, 0.3) is 5.60 Å². The van der Waals surface area contributed by atoms with Crippen molar-refractivity contribution in [2.24, 2.45) is 0 Å². The lowest BCUT2D eigenvalue weighted by Gasteiger charge is -2.49. The molecule has 0 bridgehead atoms. The molecule has 2 N–H and O–H groups in total. The van der Waals surface area contributed by atoms with Crippen molar-refractivity contribution in [3.8, 4) is 0 Å². The van der Waals surface area contributed by atoms with Crippen LogP contribution in [0.25, 0.3) is 0 Å². The number of ether oxygens (including phenoxy) is 8. The van der Waals surface area contributed by atoms with E-state index in [2.05, 4.69) is 5.32 Å². The number of hydrogen-bond donors (Lipinski definition) is 2. The van der Waals surface area contributed by atoms with Crippen LogP contribution in [-0.4, -0.2) is 111 Å². The molecule has 1 aromatic rings. The van der Waals surface area contributed by atoms with Crippen LogP contribution < -0.4 is 5.32 Å². The van der Waals surface area contributed by atoms with Crippen LogP contribution in [0.4, 0.5) is 18.0 Å². The molecule has 1 heterocycles. The van der Waals surface area contributed by atoms with Gasteiger partial charge in [0.05, 0.1) is 12.1 Å². The highest BCUT2D eigenvalue weighted by Gasteiger charge is 2.64. The van der Waals surface area contributed by atoms with Crippen LogP contribution in [0, 0.1) is 0 Å². The maximum atomic E-state index is 14.5. The first kappa shape index (κ1) is 41.2. The summed E-state index contributed by atoms with van der Waals surface area (Å²) in [6.45, 7) is 5.79. The summed E-state index contributed by atoms with van der Waals surface area (Å²) in [6, 6.07) is 4.34.